The number of hydrogen-bond acceptors (Lipinski definition) is 3. The summed E-state index contributed by atoms with van der Waals surface area (Å²) in [5, 5.41) is 6.80. The summed E-state index contributed by atoms with van der Waals surface area (Å²) in [6.07, 6.45) is 5.36. The average Bonchev–Trinajstić information content (AvgIpc) is 2.63. The van der Waals surface area contributed by atoms with E-state index >= 15 is 0 Å². The third-order valence-corrected chi connectivity index (χ3v) is 2.14. The number of hydrogen-bond donors (Lipinski definition) is 1. The molecule has 1 heterocycles. The first kappa shape index (κ1) is 8.04. The Morgan fingerprint density at radius 1 is 1.69 bits per heavy atom. The van der Waals surface area contributed by atoms with Gasteiger partial charge in [-0.25, -0.2) is 4.79 Å². The summed E-state index contributed by atoms with van der Waals surface area (Å²) >= 11 is 0. The molecule has 0 amide bonds. The topological polar surface area (TPSA) is 55.0 Å². The van der Waals surface area contributed by atoms with E-state index in [-0.39, 0.29) is 5.97 Å². The lowest BCUT2D eigenvalue weighted by Crippen LogP contribution is -2.08. The van der Waals surface area contributed by atoms with Crippen molar-refractivity contribution in [2.24, 2.45) is 0 Å². The molecule has 1 aliphatic carbocycles. The number of esters is 1. The molecule has 0 aromatic carbocycles. The van der Waals surface area contributed by atoms with E-state index in [4.69, 9.17) is 0 Å². The van der Waals surface area contributed by atoms with E-state index in [0.717, 1.165) is 24.1 Å². The van der Waals surface area contributed by atoms with Crippen LogP contribution in [0.4, 0.5) is 0 Å². The summed E-state index contributed by atoms with van der Waals surface area (Å²) < 4.78 is 4.67. The van der Waals surface area contributed by atoms with Crippen molar-refractivity contribution in [1.29, 1.82) is 0 Å². The third kappa shape index (κ3) is 1.24. The molecule has 0 atom stereocenters. The molecule has 1 aromatic rings. The summed E-state index contributed by atoms with van der Waals surface area (Å²) in [5.74, 6) is -0.289. The number of aromatic amines is 1. The first-order valence-corrected chi connectivity index (χ1v) is 4.14. The first-order valence-electron chi connectivity index (χ1n) is 4.14. The van der Waals surface area contributed by atoms with Gasteiger partial charge in [-0.15, -0.1) is 0 Å². The molecule has 2 rings (SSSR count). The van der Waals surface area contributed by atoms with Gasteiger partial charge in [0.25, 0.3) is 0 Å². The van der Waals surface area contributed by atoms with Gasteiger partial charge in [0.1, 0.15) is 0 Å². The lowest BCUT2D eigenvalue weighted by atomic mass is 9.97. The smallest absolute Gasteiger partial charge is 0.338 e. The fourth-order valence-corrected chi connectivity index (χ4v) is 1.51. The quantitative estimate of drug-likeness (QED) is 0.650. The predicted octanol–water partition coefficient (Wildman–Crippen LogP) is 0.912. The number of ether oxygens (including phenoxy) is 1. The normalized spacial score (nSPS) is 14.7. The number of nitrogens with one attached hydrogen (secondary N) is 1. The summed E-state index contributed by atoms with van der Waals surface area (Å²) in [7, 11) is 1.39. The molecule has 13 heavy (non-hydrogen) atoms. The van der Waals surface area contributed by atoms with Crippen molar-refractivity contribution >= 4 is 11.5 Å². The van der Waals surface area contributed by atoms with Crippen molar-refractivity contribution < 1.29 is 9.53 Å². The Morgan fingerprint density at radius 3 is 3.31 bits per heavy atom. The zero-order valence-corrected chi connectivity index (χ0v) is 7.33. The maximum atomic E-state index is 11.3. The highest BCUT2D eigenvalue weighted by Gasteiger charge is 2.20. The second-order valence-electron chi connectivity index (χ2n) is 2.89. The lowest BCUT2D eigenvalue weighted by molar-refractivity contribution is -0.133. The fraction of sp³-hybridized carbons (Fsp3) is 0.333. The summed E-state index contributed by atoms with van der Waals surface area (Å²) in [6, 6.07) is 0. The van der Waals surface area contributed by atoms with Crippen LogP contribution >= 0.6 is 0 Å². The van der Waals surface area contributed by atoms with Crippen molar-refractivity contribution in [1.82, 2.24) is 10.2 Å². The number of fused-ring (bicyclic) bond motifs is 1. The van der Waals surface area contributed by atoms with Gasteiger partial charge in [0.05, 0.1) is 18.4 Å². The maximum absolute atomic E-state index is 11.3. The minimum absolute atomic E-state index is 0.289. The minimum atomic E-state index is -0.289. The molecule has 1 aliphatic rings. The van der Waals surface area contributed by atoms with Crippen molar-refractivity contribution in [3.63, 3.8) is 0 Å². The number of aromatic nitrogens is 2. The fourth-order valence-electron chi connectivity index (χ4n) is 1.51. The summed E-state index contributed by atoms with van der Waals surface area (Å²) in [4.78, 5) is 11.3. The predicted molar refractivity (Wildman–Crippen MR) is 46.9 cm³/mol. The standard InChI is InChI=1S/C9H10N2O2/c1-13-9(12)6-3-2-4-8-7(6)5-10-11-8/h3,5H,2,4H2,1H3,(H,10,11). The van der Waals surface area contributed by atoms with Gasteiger partial charge in [-0.05, 0) is 12.8 Å². The van der Waals surface area contributed by atoms with Gasteiger partial charge < -0.3 is 4.74 Å². The molecule has 0 radical (unpaired) electrons. The average molecular weight is 178 g/mol. The number of methoxy groups -OCH3 is 1. The van der Waals surface area contributed by atoms with Crippen LogP contribution in [0.2, 0.25) is 0 Å². The van der Waals surface area contributed by atoms with Crippen LogP contribution in [0, 0.1) is 0 Å². The summed E-state index contributed by atoms with van der Waals surface area (Å²) in [6.45, 7) is 0. The molecule has 0 fully saturated rings. The number of nitrogens with zero attached hydrogens (tertiary/aromatic N) is 1. The highest BCUT2D eigenvalue weighted by molar-refractivity contribution is 6.16. The zero-order chi connectivity index (χ0) is 9.26. The Kier molecular flexibility index (Phi) is 1.88. The molecule has 0 spiro atoms. The second kappa shape index (κ2) is 3.05. The van der Waals surface area contributed by atoms with Crippen LogP contribution in [-0.2, 0) is 16.0 Å². The number of H-pyrrole nitrogens is 1. The number of aryl methyl sites for hydroxylation is 1. The zero-order valence-electron chi connectivity index (χ0n) is 7.33. The van der Waals surface area contributed by atoms with Crippen LogP contribution in [0.1, 0.15) is 17.7 Å². The van der Waals surface area contributed by atoms with Crippen LogP contribution in [0.5, 0.6) is 0 Å². The molecule has 0 saturated heterocycles. The molecule has 4 heteroatoms. The SMILES string of the molecule is COC(=O)C1=CCCc2n[nH]cc21. The van der Waals surface area contributed by atoms with Crippen LogP contribution in [0.3, 0.4) is 0 Å². The monoisotopic (exact) mass is 178 g/mol. The van der Waals surface area contributed by atoms with Gasteiger partial charge in [0.2, 0.25) is 0 Å². The molecule has 0 aliphatic heterocycles. The maximum Gasteiger partial charge on any atom is 0.338 e. The Labute approximate surface area is 75.6 Å². The molecule has 1 aromatic heterocycles. The van der Waals surface area contributed by atoms with Crippen molar-refractivity contribution in [2.75, 3.05) is 7.11 Å². The molecule has 4 nitrogen and oxygen atoms in total. The van der Waals surface area contributed by atoms with Gasteiger partial charge >= 0.3 is 5.97 Å². The molecule has 0 saturated carbocycles. The molecule has 0 unspecified atom stereocenters. The van der Waals surface area contributed by atoms with Gasteiger partial charge in [-0.1, -0.05) is 6.08 Å². The summed E-state index contributed by atoms with van der Waals surface area (Å²) in [5.41, 5.74) is 2.44. The number of carbonyl (C=O) groups excluding carboxylic acids is 1. The van der Waals surface area contributed by atoms with Crippen molar-refractivity contribution in [3.8, 4) is 0 Å². The van der Waals surface area contributed by atoms with Crippen LogP contribution in [0.15, 0.2) is 12.3 Å². The van der Waals surface area contributed by atoms with Crippen molar-refractivity contribution in [3.05, 3.63) is 23.5 Å². The van der Waals surface area contributed by atoms with E-state index in [1.165, 1.54) is 7.11 Å². The molecule has 1 N–H and O–H groups in total. The molecule has 68 valence electrons. The highest BCUT2D eigenvalue weighted by Crippen LogP contribution is 2.24. The number of rotatable bonds is 1. The Balaban J connectivity index is 2.41. The van der Waals surface area contributed by atoms with E-state index in [1.54, 1.807) is 6.20 Å². The Morgan fingerprint density at radius 2 is 2.54 bits per heavy atom. The van der Waals surface area contributed by atoms with Gasteiger partial charge in [0, 0.05) is 11.8 Å². The highest BCUT2D eigenvalue weighted by atomic mass is 16.5. The second-order valence-corrected chi connectivity index (χ2v) is 2.89. The Bertz CT molecular complexity index is 365. The molecular weight excluding hydrogens is 168 g/mol. The van der Waals surface area contributed by atoms with Crippen LogP contribution < -0.4 is 0 Å². The van der Waals surface area contributed by atoms with Gasteiger partial charge in [-0.2, -0.15) is 5.10 Å². The van der Waals surface area contributed by atoms with Crippen LogP contribution in [-0.4, -0.2) is 23.3 Å². The van der Waals surface area contributed by atoms with Crippen LogP contribution in [0.25, 0.3) is 5.57 Å². The van der Waals surface area contributed by atoms with E-state index in [9.17, 15) is 4.79 Å². The number of carbonyl (C=O) groups is 1. The molecular formula is C9H10N2O2. The van der Waals surface area contributed by atoms with E-state index in [0.29, 0.717) is 5.57 Å². The third-order valence-electron chi connectivity index (χ3n) is 2.14. The minimum Gasteiger partial charge on any atom is -0.465 e. The number of allylic oxidation sites excluding steroid dienone is 1. The van der Waals surface area contributed by atoms with E-state index in [1.807, 2.05) is 6.08 Å². The Hall–Kier alpha value is -1.58. The van der Waals surface area contributed by atoms with E-state index < -0.39 is 0 Å². The molecule has 0 bridgehead atoms. The largest absolute Gasteiger partial charge is 0.465 e. The van der Waals surface area contributed by atoms with Gasteiger partial charge in [-0.3, -0.25) is 5.10 Å². The first-order chi connectivity index (χ1) is 6.33. The van der Waals surface area contributed by atoms with Gasteiger partial charge in [0.15, 0.2) is 0 Å². The van der Waals surface area contributed by atoms with Crippen molar-refractivity contribution in [2.45, 2.75) is 12.8 Å². The lowest BCUT2D eigenvalue weighted by Gasteiger charge is -2.09. The van der Waals surface area contributed by atoms with E-state index in [2.05, 4.69) is 14.9 Å².